The Morgan fingerprint density at radius 1 is 1.30 bits per heavy atom. The molecule has 0 saturated heterocycles. The zero-order valence-corrected chi connectivity index (χ0v) is 12.8. The molecule has 0 bridgehead atoms. The quantitative estimate of drug-likeness (QED) is 0.139. The fourth-order valence-electron chi connectivity index (χ4n) is 1.56. The van der Waals surface area contributed by atoms with Crippen LogP contribution < -0.4 is 22.5 Å². The van der Waals surface area contributed by atoms with Gasteiger partial charge >= 0.3 is 5.97 Å². The Balaban J connectivity index is 0.000000422. The number of benzene rings is 1. The molecule has 0 heterocycles. The third-order valence-corrected chi connectivity index (χ3v) is 2.80. The first-order valence-corrected chi connectivity index (χ1v) is 7.05. The largest absolute Gasteiger partial charge is 0.504 e. The lowest BCUT2D eigenvalue weighted by Crippen LogP contribution is -2.34. The Hall–Kier alpha value is -2.52. The second kappa shape index (κ2) is 11.1. The van der Waals surface area contributed by atoms with Gasteiger partial charge in [0.25, 0.3) is 0 Å². The molecule has 0 fully saturated rings. The smallest absolute Gasteiger partial charge is 0.320 e. The van der Waals surface area contributed by atoms with Crippen molar-refractivity contribution in [1.29, 1.82) is 5.41 Å². The van der Waals surface area contributed by atoms with Crippen molar-refractivity contribution in [2.24, 2.45) is 17.2 Å². The highest BCUT2D eigenvalue weighted by Gasteiger charge is 2.09. The number of hydrogen-bond acceptors (Lipinski definition) is 6. The molecule has 0 radical (unpaired) electrons. The first kappa shape index (κ1) is 20.5. The maximum Gasteiger partial charge on any atom is 0.320 e. The minimum atomic E-state index is -1.00. The van der Waals surface area contributed by atoms with Gasteiger partial charge in [0.2, 0.25) is 0 Å². The number of aromatic hydroxyl groups is 2. The van der Waals surface area contributed by atoms with Crippen LogP contribution in [-0.4, -0.2) is 46.4 Å². The normalized spacial score (nSPS) is 11.0. The second-order valence-electron chi connectivity index (χ2n) is 4.79. The molecule has 0 aliphatic heterocycles. The number of hydrogen-bond donors (Lipinski definition) is 8. The topological polar surface area (TPSA) is 192 Å². The molecule has 0 saturated carbocycles. The summed E-state index contributed by atoms with van der Waals surface area (Å²) in [6.07, 6.45) is 1.69. The van der Waals surface area contributed by atoms with Crippen LogP contribution >= 0.6 is 0 Å². The molecule has 0 amide bonds. The first-order chi connectivity index (χ1) is 10.8. The Labute approximate surface area is 134 Å². The van der Waals surface area contributed by atoms with E-state index in [4.69, 9.17) is 37.9 Å². The van der Waals surface area contributed by atoms with Crippen molar-refractivity contribution < 1.29 is 20.1 Å². The fraction of sp³-hybridized carbons (Fsp3) is 0.429. The number of aliphatic carboxylic acids is 1. The first-order valence-electron chi connectivity index (χ1n) is 7.05. The van der Waals surface area contributed by atoms with Gasteiger partial charge in [-0.3, -0.25) is 10.2 Å². The Morgan fingerprint density at radius 3 is 2.43 bits per heavy atom. The summed E-state index contributed by atoms with van der Waals surface area (Å²) >= 11 is 0. The van der Waals surface area contributed by atoms with E-state index in [2.05, 4.69) is 5.32 Å². The van der Waals surface area contributed by atoms with E-state index >= 15 is 0 Å². The van der Waals surface area contributed by atoms with Crippen molar-refractivity contribution in [2.75, 3.05) is 13.1 Å². The highest BCUT2D eigenvalue weighted by atomic mass is 16.4. The van der Waals surface area contributed by atoms with Crippen molar-refractivity contribution in [3.05, 3.63) is 23.8 Å². The molecule has 1 unspecified atom stereocenters. The van der Waals surface area contributed by atoms with Crippen LogP contribution in [0.25, 0.3) is 0 Å². The molecule has 1 rings (SSSR count). The standard InChI is InChI=1S/C8H11NO2.C6H14N4O2/c9-4-3-6-1-2-7(10)8(11)5-6;7-4(5(11)12)2-1-3-10-6(8)9/h1-2,5,10-11H,3-4,9H2;4H,1-3,7H2,(H,11,12)(H4,8,9,10). The molecule has 23 heavy (non-hydrogen) atoms. The third-order valence-electron chi connectivity index (χ3n) is 2.80. The summed E-state index contributed by atoms with van der Waals surface area (Å²) in [7, 11) is 0. The number of nitrogens with two attached hydrogens (primary N) is 3. The van der Waals surface area contributed by atoms with E-state index in [-0.39, 0.29) is 17.5 Å². The average molecular weight is 327 g/mol. The fourth-order valence-corrected chi connectivity index (χ4v) is 1.56. The third kappa shape index (κ3) is 9.93. The van der Waals surface area contributed by atoms with Crippen molar-refractivity contribution in [2.45, 2.75) is 25.3 Å². The lowest BCUT2D eigenvalue weighted by atomic mass is 10.1. The van der Waals surface area contributed by atoms with Crippen molar-refractivity contribution in [3.8, 4) is 11.5 Å². The van der Waals surface area contributed by atoms with Crippen molar-refractivity contribution in [3.63, 3.8) is 0 Å². The van der Waals surface area contributed by atoms with Crippen LogP contribution in [0, 0.1) is 5.41 Å². The van der Waals surface area contributed by atoms with Gasteiger partial charge in [0, 0.05) is 6.54 Å². The van der Waals surface area contributed by atoms with Gasteiger partial charge in [-0.15, -0.1) is 0 Å². The summed E-state index contributed by atoms with van der Waals surface area (Å²) in [5.74, 6) is -1.29. The van der Waals surface area contributed by atoms with Gasteiger partial charge in [-0.1, -0.05) is 6.07 Å². The molecule has 0 spiro atoms. The summed E-state index contributed by atoms with van der Waals surface area (Å²) in [6, 6.07) is 3.89. The number of carbonyl (C=O) groups is 1. The molecule has 9 heteroatoms. The summed E-state index contributed by atoms with van der Waals surface area (Å²) < 4.78 is 0. The van der Waals surface area contributed by atoms with Crippen LogP contribution in [0.3, 0.4) is 0 Å². The molecule has 130 valence electrons. The Bertz CT molecular complexity index is 510. The van der Waals surface area contributed by atoms with E-state index in [9.17, 15) is 4.79 Å². The van der Waals surface area contributed by atoms with Crippen LogP contribution in [-0.2, 0) is 11.2 Å². The maximum atomic E-state index is 10.2. The second-order valence-corrected chi connectivity index (χ2v) is 4.79. The average Bonchev–Trinajstić information content (AvgIpc) is 2.48. The Kier molecular flexibility index (Phi) is 9.88. The number of phenols is 2. The van der Waals surface area contributed by atoms with E-state index in [0.29, 0.717) is 32.4 Å². The van der Waals surface area contributed by atoms with E-state index in [0.717, 1.165) is 5.56 Å². The predicted molar refractivity (Wildman–Crippen MR) is 87.3 cm³/mol. The van der Waals surface area contributed by atoms with Crippen LogP contribution in [0.1, 0.15) is 18.4 Å². The highest BCUT2D eigenvalue weighted by Crippen LogP contribution is 2.24. The number of carboxylic acid groups (broad SMARTS) is 1. The van der Waals surface area contributed by atoms with Gasteiger partial charge in [0.1, 0.15) is 6.04 Å². The van der Waals surface area contributed by atoms with Crippen LogP contribution in [0.4, 0.5) is 0 Å². The molecule has 0 aliphatic carbocycles. The number of carboxylic acids is 1. The zero-order chi connectivity index (χ0) is 17.8. The van der Waals surface area contributed by atoms with Crippen LogP contribution in [0.15, 0.2) is 18.2 Å². The van der Waals surface area contributed by atoms with Gasteiger partial charge in [-0.25, -0.2) is 0 Å². The Morgan fingerprint density at radius 2 is 1.96 bits per heavy atom. The molecule has 1 atom stereocenters. The number of nitrogens with one attached hydrogen (secondary N) is 2. The van der Waals surface area contributed by atoms with E-state index in [1.807, 2.05) is 0 Å². The van der Waals surface area contributed by atoms with Crippen molar-refractivity contribution >= 4 is 11.9 Å². The summed E-state index contributed by atoms with van der Waals surface area (Å²) in [6.45, 7) is 1.03. The maximum absolute atomic E-state index is 10.2. The predicted octanol–water partition coefficient (Wildman–Crippen LogP) is -0.739. The van der Waals surface area contributed by atoms with Crippen molar-refractivity contribution in [1.82, 2.24) is 5.32 Å². The van der Waals surface area contributed by atoms with E-state index < -0.39 is 12.0 Å². The zero-order valence-electron chi connectivity index (χ0n) is 12.8. The molecular weight excluding hydrogens is 302 g/mol. The summed E-state index contributed by atoms with van der Waals surface area (Å²) in [5, 5.41) is 35.7. The molecule has 11 N–H and O–H groups in total. The summed E-state index contributed by atoms with van der Waals surface area (Å²) in [4.78, 5) is 10.2. The van der Waals surface area contributed by atoms with Gasteiger partial charge in [-0.05, 0) is 43.5 Å². The lowest BCUT2D eigenvalue weighted by molar-refractivity contribution is -0.138. The number of guanidine groups is 1. The molecule has 9 nitrogen and oxygen atoms in total. The molecule has 0 aromatic heterocycles. The molecular formula is C14H25N5O4. The molecule has 1 aromatic rings. The highest BCUT2D eigenvalue weighted by molar-refractivity contribution is 5.74. The summed E-state index contributed by atoms with van der Waals surface area (Å²) in [5.41, 5.74) is 16.5. The van der Waals surface area contributed by atoms with Crippen LogP contribution in [0.5, 0.6) is 11.5 Å². The minimum absolute atomic E-state index is 0.0871. The molecule has 0 aliphatic rings. The van der Waals surface area contributed by atoms with Gasteiger partial charge in [0.15, 0.2) is 17.5 Å². The van der Waals surface area contributed by atoms with Gasteiger partial charge in [-0.2, -0.15) is 0 Å². The van der Waals surface area contributed by atoms with Gasteiger partial charge < -0.3 is 37.8 Å². The van der Waals surface area contributed by atoms with E-state index in [1.54, 1.807) is 6.07 Å². The number of phenolic OH excluding ortho intramolecular Hbond substituents is 2. The van der Waals surface area contributed by atoms with Crippen LogP contribution in [0.2, 0.25) is 0 Å². The SMILES string of the molecule is N=C(N)NCCCC(N)C(=O)O.NCCc1ccc(O)c(O)c1. The minimum Gasteiger partial charge on any atom is -0.504 e. The molecule has 1 aromatic carbocycles. The monoisotopic (exact) mass is 327 g/mol. The number of rotatable bonds is 7. The van der Waals surface area contributed by atoms with Gasteiger partial charge in [0.05, 0.1) is 0 Å². The lowest BCUT2D eigenvalue weighted by Gasteiger charge is -2.06. The van der Waals surface area contributed by atoms with E-state index in [1.165, 1.54) is 12.1 Å².